The van der Waals surface area contributed by atoms with Crippen LogP contribution < -0.4 is 9.47 Å². The summed E-state index contributed by atoms with van der Waals surface area (Å²) in [5.74, 6) is 1.36. The molecule has 34 heavy (non-hydrogen) atoms. The van der Waals surface area contributed by atoms with Gasteiger partial charge in [-0.1, -0.05) is 35.9 Å². The Morgan fingerprint density at radius 3 is 1.41 bits per heavy atom. The van der Waals surface area contributed by atoms with Gasteiger partial charge in [-0.3, -0.25) is 3.63 Å². The zero-order chi connectivity index (χ0) is 24.2. The molecule has 0 amide bonds. The molecule has 0 aliphatic rings. The zero-order valence-corrected chi connectivity index (χ0v) is 20.8. The molecule has 5 nitrogen and oxygen atoms in total. The van der Waals surface area contributed by atoms with Gasteiger partial charge in [0.1, 0.15) is 16.4 Å². The summed E-state index contributed by atoms with van der Waals surface area (Å²) in [4.78, 5) is 2.52. The fourth-order valence-electron chi connectivity index (χ4n) is 3.60. The van der Waals surface area contributed by atoms with Crippen molar-refractivity contribution >= 4 is 20.4 Å². The van der Waals surface area contributed by atoms with Crippen molar-refractivity contribution in [1.29, 1.82) is 0 Å². The Morgan fingerprint density at radius 2 is 0.971 bits per heavy atom. The summed E-state index contributed by atoms with van der Waals surface area (Å²) >= 11 is 0. The third-order valence-corrected chi connectivity index (χ3v) is 10.8. The predicted molar refractivity (Wildman–Crippen MR) is 136 cm³/mol. The van der Waals surface area contributed by atoms with Gasteiger partial charge in [0.05, 0.1) is 39.2 Å². The molecule has 4 aromatic carbocycles. The van der Waals surface area contributed by atoms with Crippen LogP contribution in [0.15, 0.2) is 123 Å². The molecule has 0 atom stereocenters. The molecule has 176 valence electrons. The molecule has 0 aliphatic carbocycles. The number of rotatable bonds is 8. The fraction of sp³-hybridized carbons (Fsp3) is 0.111. The molecule has 7 heteroatoms. The molecular weight excluding hydrogens is 468 g/mol. The molecule has 0 unspecified atom stereocenters. The first-order valence-electron chi connectivity index (χ1n) is 10.6. The molecule has 0 aliphatic heterocycles. The Morgan fingerprint density at radius 1 is 0.559 bits per heavy atom. The smallest absolute Gasteiger partial charge is 0.422 e. The molecule has 0 spiro atoms. The number of benzene rings is 4. The molecular formula is C27H27O5S2+. The van der Waals surface area contributed by atoms with Crippen LogP contribution in [-0.4, -0.2) is 26.3 Å². The second-order valence-corrected chi connectivity index (χ2v) is 12.2. The molecule has 0 saturated carbocycles. The van der Waals surface area contributed by atoms with E-state index in [1.807, 2.05) is 85.8 Å². The Balaban J connectivity index is 1.99. The van der Waals surface area contributed by atoms with E-state index < -0.39 is 20.4 Å². The lowest BCUT2D eigenvalue weighted by Gasteiger charge is -2.35. The molecule has 4 aromatic rings. The fourth-order valence-corrected chi connectivity index (χ4v) is 9.06. The number of ether oxygens (including phenoxy) is 2. The first kappa shape index (κ1) is 23.9. The standard InChI is InChI=1S/C27H26O5S2/c1-21-9-15-27(16-10-21)34(28,29)32-33(24-7-5-4-6-8-24,25-17-11-22(30-2)12-18-25)26-19-13-23(31-3)14-20-26/h4-20H,1-3H3/p+1. The van der Waals surface area contributed by atoms with Gasteiger partial charge in [-0.15, -0.1) is 8.42 Å². The van der Waals surface area contributed by atoms with E-state index in [1.54, 1.807) is 38.5 Å². The van der Waals surface area contributed by atoms with Crippen LogP contribution in [0, 0.1) is 6.92 Å². The van der Waals surface area contributed by atoms with E-state index >= 15 is 0 Å². The molecule has 0 bridgehead atoms. The third-order valence-electron chi connectivity index (χ3n) is 5.41. The van der Waals surface area contributed by atoms with Crippen molar-refractivity contribution in [2.75, 3.05) is 14.2 Å². The highest BCUT2D eigenvalue weighted by molar-refractivity contribution is 8.32. The van der Waals surface area contributed by atoms with Crippen molar-refractivity contribution in [3.63, 3.8) is 0 Å². The van der Waals surface area contributed by atoms with Gasteiger partial charge >= 0.3 is 10.1 Å². The minimum atomic E-state index is -4.01. The molecule has 0 aromatic heterocycles. The predicted octanol–water partition coefficient (Wildman–Crippen LogP) is 6.69. The molecule has 1 N–H and O–H groups in total. The lowest BCUT2D eigenvalue weighted by molar-refractivity contribution is 0.386. The largest absolute Gasteiger partial charge is 0.497 e. The quantitative estimate of drug-likeness (QED) is 0.202. The highest BCUT2D eigenvalue weighted by Crippen LogP contribution is 2.68. The molecule has 0 saturated heterocycles. The van der Waals surface area contributed by atoms with Gasteiger partial charge in [0.2, 0.25) is 0 Å². The van der Waals surface area contributed by atoms with Crippen molar-refractivity contribution in [2.24, 2.45) is 0 Å². The number of hydrogen-bond acceptors (Lipinski definition) is 4. The monoisotopic (exact) mass is 495 g/mol. The van der Waals surface area contributed by atoms with Crippen molar-refractivity contribution in [2.45, 2.75) is 26.5 Å². The van der Waals surface area contributed by atoms with E-state index in [0.29, 0.717) is 11.5 Å². The number of aryl methyl sites for hydroxylation is 1. The Kier molecular flexibility index (Phi) is 6.97. The van der Waals surface area contributed by atoms with Crippen LogP contribution >= 0.6 is 10.3 Å². The Hall–Kier alpha value is -3.26. The average Bonchev–Trinajstić information content (AvgIpc) is 2.88. The number of hydrogen-bond donors (Lipinski definition) is 0. The van der Waals surface area contributed by atoms with Gasteiger partial charge in [0.15, 0.2) is 0 Å². The maximum atomic E-state index is 13.7. The van der Waals surface area contributed by atoms with Crippen LogP contribution in [-0.2, 0) is 10.1 Å². The summed E-state index contributed by atoms with van der Waals surface area (Å²) in [5.41, 5.74) is 0.978. The summed E-state index contributed by atoms with van der Waals surface area (Å²) in [7, 11) is -3.39. The minimum Gasteiger partial charge on any atom is -0.497 e. The van der Waals surface area contributed by atoms with Crippen LogP contribution in [0.1, 0.15) is 5.56 Å². The van der Waals surface area contributed by atoms with Gasteiger partial charge in [-0.05, 0) is 79.7 Å². The summed E-state index contributed by atoms with van der Waals surface area (Å²) in [5, 5.41) is 0. The van der Waals surface area contributed by atoms with Crippen LogP contribution in [0.3, 0.4) is 0 Å². The normalized spacial score (nSPS) is 12.2. The van der Waals surface area contributed by atoms with Crippen LogP contribution in [0.2, 0.25) is 0 Å². The summed E-state index contributed by atoms with van der Waals surface area (Å²) in [6, 6.07) is 31.2. The van der Waals surface area contributed by atoms with E-state index in [0.717, 1.165) is 20.2 Å². The first-order valence-corrected chi connectivity index (χ1v) is 13.6. The second kappa shape index (κ2) is 9.93. The van der Waals surface area contributed by atoms with Gasteiger partial charge < -0.3 is 9.47 Å². The molecule has 0 fully saturated rings. The van der Waals surface area contributed by atoms with Crippen molar-refractivity contribution in [3.05, 3.63) is 109 Å². The van der Waals surface area contributed by atoms with E-state index in [9.17, 15) is 8.42 Å². The van der Waals surface area contributed by atoms with Crippen LogP contribution in [0.5, 0.6) is 11.5 Å². The molecule has 4 rings (SSSR count). The maximum absolute atomic E-state index is 13.7. The van der Waals surface area contributed by atoms with Gasteiger partial charge in [-0.2, -0.15) is 0 Å². The summed E-state index contributed by atoms with van der Waals surface area (Å²) in [6.45, 7) is 1.92. The molecule has 0 heterocycles. The lowest BCUT2D eigenvalue weighted by Crippen LogP contribution is -2.18. The highest BCUT2D eigenvalue weighted by Gasteiger charge is 2.43. The van der Waals surface area contributed by atoms with Gasteiger partial charge in [0, 0.05) is 0 Å². The van der Waals surface area contributed by atoms with Crippen molar-refractivity contribution in [3.8, 4) is 11.5 Å². The third kappa shape index (κ3) is 4.68. The van der Waals surface area contributed by atoms with Gasteiger partial charge in [0.25, 0.3) is 0 Å². The van der Waals surface area contributed by atoms with E-state index in [4.69, 9.17) is 13.1 Å². The zero-order valence-electron chi connectivity index (χ0n) is 19.2. The van der Waals surface area contributed by atoms with E-state index in [1.165, 1.54) is 0 Å². The highest BCUT2D eigenvalue weighted by atomic mass is 32.3. The van der Waals surface area contributed by atoms with Crippen LogP contribution in [0.25, 0.3) is 0 Å². The maximum Gasteiger partial charge on any atom is 0.422 e. The lowest BCUT2D eigenvalue weighted by atomic mass is 10.2. The Labute approximate surface area is 202 Å². The first-order chi connectivity index (χ1) is 16.4. The van der Waals surface area contributed by atoms with Crippen molar-refractivity contribution < 1.29 is 21.5 Å². The number of methoxy groups -OCH3 is 2. The second-order valence-electron chi connectivity index (χ2n) is 7.61. The average molecular weight is 496 g/mol. The van der Waals surface area contributed by atoms with Crippen LogP contribution in [0.4, 0.5) is 0 Å². The van der Waals surface area contributed by atoms with Gasteiger partial charge in [-0.25, -0.2) is 0 Å². The van der Waals surface area contributed by atoms with Crippen molar-refractivity contribution in [1.82, 2.24) is 0 Å². The van der Waals surface area contributed by atoms with E-state index in [2.05, 4.69) is 0 Å². The topological polar surface area (TPSA) is 65.4 Å². The SMILES string of the molecule is COc1ccc(S([OH+]S(=O)(=O)c2ccc(C)cc2)(c2ccccc2)c2ccc(OC)cc2)cc1. The summed E-state index contributed by atoms with van der Waals surface area (Å²) in [6.07, 6.45) is 0. The molecule has 0 radical (unpaired) electrons. The minimum absolute atomic E-state index is 0.160. The van der Waals surface area contributed by atoms with E-state index in [-0.39, 0.29) is 4.90 Å². The Bertz CT molecular complexity index is 1290. The summed E-state index contributed by atoms with van der Waals surface area (Å²) < 4.78 is 42.9.